The van der Waals surface area contributed by atoms with Crippen molar-refractivity contribution in [1.29, 1.82) is 0 Å². The molecule has 1 amide bonds. The second kappa shape index (κ2) is 9.58. The van der Waals surface area contributed by atoms with E-state index in [1.54, 1.807) is 24.3 Å². The molecule has 2 unspecified atom stereocenters. The van der Waals surface area contributed by atoms with E-state index in [-0.39, 0.29) is 23.8 Å². The van der Waals surface area contributed by atoms with Crippen LogP contribution in [0.25, 0.3) is 10.9 Å². The molecule has 0 saturated heterocycles. The minimum atomic E-state index is -0.910. The Bertz CT molecular complexity index is 1260. The van der Waals surface area contributed by atoms with Crippen molar-refractivity contribution in [3.8, 4) is 5.75 Å². The molecule has 5 N–H and O–H groups in total. The zero-order chi connectivity index (χ0) is 23.4. The lowest BCUT2D eigenvalue weighted by atomic mass is 10.0. The third kappa shape index (κ3) is 5.04. The maximum absolute atomic E-state index is 12.8. The number of carbonyl (C=O) groups is 2. The first-order valence-electron chi connectivity index (χ1n) is 10.4. The summed E-state index contributed by atoms with van der Waals surface area (Å²) in [6, 6.07) is 12.8. The molecule has 0 aliphatic carbocycles. The largest absolute Gasteiger partial charge is 0.508 e. The summed E-state index contributed by atoms with van der Waals surface area (Å²) in [5.41, 5.74) is 8.87. The van der Waals surface area contributed by atoms with Crippen LogP contribution in [0.3, 0.4) is 0 Å². The number of fused-ring (bicyclic) bond motifs is 1. The van der Waals surface area contributed by atoms with Crippen LogP contribution in [0.4, 0.5) is 0 Å². The van der Waals surface area contributed by atoms with E-state index in [4.69, 9.17) is 14.9 Å². The molecule has 33 heavy (non-hydrogen) atoms. The number of amides is 1. The summed E-state index contributed by atoms with van der Waals surface area (Å²) in [5.74, 6) is -0.784. The normalized spacial score (nSPS) is 12.9. The fourth-order valence-corrected chi connectivity index (χ4v) is 3.62. The number of nitrogens with two attached hydrogens (primary N) is 1. The summed E-state index contributed by atoms with van der Waals surface area (Å²) in [6.07, 6.45) is 3.67. The molecule has 4 aromatic rings. The van der Waals surface area contributed by atoms with Gasteiger partial charge in [-0.2, -0.15) is 0 Å². The summed E-state index contributed by atoms with van der Waals surface area (Å²) < 4.78 is 10.3. The van der Waals surface area contributed by atoms with Gasteiger partial charge in [-0.25, -0.2) is 9.78 Å². The SMILES string of the molecule is COC(=O)C(Cc1c[nH]c2ccccc12)NC(=O)c1coc(C(N)Cc2ccc(O)cc2)n1. The van der Waals surface area contributed by atoms with Crippen molar-refractivity contribution in [2.45, 2.75) is 24.9 Å². The van der Waals surface area contributed by atoms with Gasteiger partial charge in [-0.3, -0.25) is 4.79 Å². The number of hydrogen-bond donors (Lipinski definition) is 4. The van der Waals surface area contributed by atoms with Gasteiger partial charge in [0.25, 0.3) is 5.91 Å². The van der Waals surface area contributed by atoms with E-state index in [1.165, 1.54) is 13.4 Å². The zero-order valence-corrected chi connectivity index (χ0v) is 17.9. The fourth-order valence-electron chi connectivity index (χ4n) is 3.62. The second-order valence-corrected chi connectivity index (χ2v) is 7.66. The van der Waals surface area contributed by atoms with Gasteiger partial charge in [-0.05, 0) is 35.7 Å². The first-order chi connectivity index (χ1) is 15.9. The topological polar surface area (TPSA) is 143 Å². The number of methoxy groups -OCH3 is 1. The number of phenolic OH excluding ortho intramolecular Hbond substituents is 1. The summed E-state index contributed by atoms with van der Waals surface area (Å²) in [5, 5.41) is 13.0. The Morgan fingerprint density at radius 1 is 1.18 bits per heavy atom. The number of nitrogens with zero attached hydrogens (tertiary/aromatic N) is 1. The molecule has 0 saturated carbocycles. The molecular formula is C24H24N4O5. The monoisotopic (exact) mass is 448 g/mol. The number of nitrogens with one attached hydrogen (secondary N) is 2. The molecule has 0 spiro atoms. The van der Waals surface area contributed by atoms with Crippen molar-refractivity contribution in [3.05, 3.63) is 83.7 Å². The van der Waals surface area contributed by atoms with Gasteiger partial charge in [0, 0.05) is 23.5 Å². The molecule has 2 aromatic carbocycles. The van der Waals surface area contributed by atoms with Crippen molar-refractivity contribution in [3.63, 3.8) is 0 Å². The van der Waals surface area contributed by atoms with Crippen LogP contribution in [0.15, 0.2) is 65.4 Å². The number of benzene rings is 2. The van der Waals surface area contributed by atoms with Crippen LogP contribution < -0.4 is 11.1 Å². The zero-order valence-electron chi connectivity index (χ0n) is 17.9. The third-order valence-electron chi connectivity index (χ3n) is 5.35. The second-order valence-electron chi connectivity index (χ2n) is 7.66. The number of H-pyrrole nitrogens is 1. The fraction of sp³-hybridized carbons (Fsp3) is 0.208. The van der Waals surface area contributed by atoms with Crippen LogP contribution >= 0.6 is 0 Å². The smallest absolute Gasteiger partial charge is 0.328 e. The van der Waals surface area contributed by atoms with E-state index in [0.29, 0.717) is 6.42 Å². The molecule has 170 valence electrons. The number of aromatic amines is 1. The van der Waals surface area contributed by atoms with Gasteiger partial charge in [0.1, 0.15) is 18.1 Å². The van der Waals surface area contributed by atoms with Gasteiger partial charge in [0.05, 0.1) is 13.2 Å². The maximum Gasteiger partial charge on any atom is 0.328 e. The van der Waals surface area contributed by atoms with E-state index in [2.05, 4.69) is 15.3 Å². The third-order valence-corrected chi connectivity index (χ3v) is 5.35. The molecule has 0 fully saturated rings. The summed E-state index contributed by atoms with van der Waals surface area (Å²) >= 11 is 0. The number of para-hydroxylation sites is 1. The Hall–Kier alpha value is -4.11. The molecule has 0 aliphatic heterocycles. The average molecular weight is 448 g/mol. The van der Waals surface area contributed by atoms with Gasteiger partial charge in [-0.15, -0.1) is 0 Å². The molecule has 0 aliphatic rings. The van der Waals surface area contributed by atoms with Crippen LogP contribution in [-0.2, 0) is 22.4 Å². The maximum atomic E-state index is 12.8. The molecule has 2 aromatic heterocycles. The van der Waals surface area contributed by atoms with Gasteiger partial charge in [0.15, 0.2) is 5.69 Å². The van der Waals surface area contributed by atoms with E-state index in [1.807, 2.05) is 30.5 Å². The molecule has 9 heteroatoms. The highest BCUT2D eigenvalue weighted by molar-refractivity contribution is 5.95. The number of aromatic nitrogens is 2. The highest BCUT2D eigenvalue weighted by atomic mass is 16.5. The predicted molar refractivity (Wildman–Crippen MR) is 121 cm³/mol. The molecular weight excluding hydrogens is 424 g/mol. The molecule has 4 rings (SSSR count). The van der Waals surface area contributed by atoms with Crippen molar-refractivity contribution in [2.75, 3.05) is 7.11 Å². The standard InChI is InChI=1S/C24H24N4O5/c1-32-24(31)20(11-15-12-26-19-5-3-2-4-17(15)19)27-22(30)21-13-33-23(28-21)18(25)10-14-6-8-16(29)9-7-14/h2-9,12-13,18,20,26,29H,10-11,25H2,1H3,(H,27,30). The number of oxazole rings is 1. The Kier molecular flexibility index (Phi) is 6.41. The van der Waals surface area contributed by atoms with E-state index >= 15 is 0 Å². The first-order valence-corrected chi connectivity index (χ1v) is 10.4. The molecule has 2 heterocycles. The van der Waals surface area contributed by atoms with E-state index in [0.717, 1.165) is 22.0 Å². The molecule has 2 atom stereocenters. The number of carbonyl (C=O) groups excluding carboxylic acids is 2. The van der Waals surface area contributed by atoms with Gasteiger partial charge < -0.3 is 30.3 Å². The number of aromatic hydroxyl groups is 1. The highest BCUT2D eigenvalue weighted by Gasteiger charge is 2.26. The van der Waals surface area contributed by atoms with E-state index < -0.39 is 24.0 Å². The van der Waals surface area contributed by atoms with Crippen molar-refractivity contribution >= 4 is 22.8 Å². The van der Waals surface area contributed by atoms with Gasteiger partial charge in [-0.1, -0.05) is 30.3 Å². The van der Waals surface area contributed by atoms with Crippen LogP contribution in [0.2, 0.25) is 0 Å². The number of phenols is 1. The summed E-state index contributed by atoms with van der Waals surface area (Å²) in [4.78, 5) is 32.5. The Labute approximate surface area is 189 Å². The number of rotatable bonds is 8. The summed E-state index contributed by atoms with van der Waals surface area (Å²) in [6.45, 7) is 0. The highest BCUT2D eigenvalue weighted by Crippen LogP contribution is 2.20. The van der Waals surface area contributed by atoms with Crippen molar-refractivity contribution < 1.29 is 23.8 Å². The number of ether oxygens (including phenoxy) is 1. The van der Waals surface area contributed by atoms with Gasteiger partial charge >= 0.3 is 5.97 Å². The van der Waals surface area contributed by atoms with E-state index in [9.17, 15) is 14.7 Å². The van der Waals surface area contributed by atoms with Crippen molar-refractivity contribution in [2.24, 2.45) is 5.73 Å². The lowest BCUT2D eigenvalue weighted by Crippen LogP contribution is -2.43. The van der Waals surface area contributed by atoms with Crippen molar-refractivity contribution in [1.82, 2.24) is 15.3 Å². The minimum Gasteiger partial charge on any atom is -0.508 e. The molecule has 9 nitrogen and oxygen atoms in total. The lowest BCUT2D eigenvalue weighted by Gasteiger charge is -2.15. The van der Waals surface area contributed by atoms with Crippen LogP contribution in [-0.4, -0.2) is 40.1 Å². The Balaban J connectivity index is 1.45. The Morgan fingerprint density at radius 2 is 1.94 bits per heavy atom. The molecule has 0 bridgehead atoms. The van der Waals surface area contributed by atoms with Crippen LogP contribution in [0.5, 0.6) is 5.75 Å². The number of esters is 1. The first kappa shape index (κ1) is 22.1. The summed E-state index contributed by atoms with van der Waals surface area (Å²) in [7, 11) is 1.27. The predicted octanol–water partition coefficient (Wildman–Crippen LogP) is 2.62. The van der Waals surface area contributed by atoms with Crippen LogP contribution in [0, 0.1) is 0 Å². The van der Waals surface area contributed by atoms with Gasteiger partial charge in [0.2, 0.25) is 5.89 Å². The molecule has 0 radical (unpaired) electrons. The lowest BCUT2D eigenvalue weighted by molar-refractivity contribution is -0.142. The minimum absolute atomic E-state index is 0.0129. The quantitative estimate of drug-likeness (QED) is 0.303. The Morgan fingerprint density at radius 3 is 2.70 bits per heavy atom. The van der Waals surface area contributed by atoms with Crippen LogP contribution in [0.1, 0.15) is 33.5 Å². The average Bonchev–Trinajstić information content (AvgIpc) is 3.48. The number of hydrogen-bond acceptors (Lipinski definition) is 7.